The molecule has 1 fully saturated rings. The van der Waals surface area contributed by atoms with Gasteiger partial charge in [-0.15, -0.1) is 0 Å². The minimum atomic E-state index is -0.169. The summed E-state index contributed by atoms with van der Waals surface area (Å²) in [5, 5.41) is 6.34. The first-order chi connectivity index (χ1) is 11.6. The average Bonchev–Trinajstić information content (AvgIpc) is 2.62. The molecule has 1 aliphatic rings. The van der Waals surface area contributed by atoms with E-state index in [0.29, 0.717) is 16.7 Å². The van der Waals surface area contributed by atoms with E-state index in [1.165, 1.54) is 0 Å². The Morgan fingerprint density at radius 3 is 2.25 bits per heavy atom. The lowest BCUT2D eigenvalue weighted by Crippen LogP contribution is -2.43. The molecule has 0 atom stereocenters. The summed E-state index contributed by atoms with van der Waals surface area (Å²) >= 11 is 0. The normalized spacial score (nSPS) is 15.0. The van der Waals surface area contributed by atoms with Crippen LogP contribution in [0.25, 0.3) is 0 Å². The van der Waals surface area contributed by atoms with Crippen molar-refractivity contribution in [3.63, 3.8) is 0 Å². The zero-order valence-corrected chi connectivity index (χ0v) is 13.8. The molecule has 2 aromatic carbocycles. The Kier molecular flexibility index (Phi) is 5.06. The van der Waals surface area contributed by atoms with Gasteiger partial charge in [0.2, 0.25) is 0 Å². The Bertz CT molecular complexity index is 732. The summed E-state index contributed by atoms with van der Waals surface area (Å²) in [7, 11) is 0. The fourth-order valence-corrected chi connectivity index (χ4v) is 2.97. The van der Waals surface area contributed by atoms with Crippen molar-refractivity contribution in [2.24, 2.45) is 0 Å². The van der Waals surface area contributed by atoms with Gasteiger partial charge in [0.25, 0.3) is 5.91 Å². The second kappa shape index (κ2) is 7.41. The van der Waals surface area contributed by atoms with Gasteiger partial charge in [-0.1, -0.05) is 48.0 Å². The molecule has 1 amide bonds. The summed E-state index contributed by atoms with van der Waals surface area (Å²) < 4.78 is 0. The van der Waals surface area contributed by atoms with Gasteiger partial charge in [-0.3, -0.25) is 9.59 Å². The van der Waals surface area contributed by atoms with Crippen molar-refractivity contribution >= 4 is 11.7 Å². The molecule has 3 rings (SSSR count). The van der Waals surface area contributed by atoms with Crippen LogP contribution in [-0.4, -0.2) is 30.8 Å². The molecule has 0 aromatic heterocycles. The third-order valence-electron chi connectivity index (χ3n) is 4.40. The van der Waals surface area contributed by atoms with Gasteiger partial charge in [-0.05, 0) is 38.9 Å². The van der Waals surface area contributed by atoms with Crippen LogP contribution in [0, 0.1) is 6.92 Å². The lowest BCUT2D eigenvalue weighted by molar-refractivity contribution is 0.0920. The molecule has 0 bridgehead atoms. The number of ketones is 1. The third kappa shape index (κ3) is 3.71. The Morgan fingerprint density at radius 2 is 1.58 bits per heavy atom. The van der Waals surface area contributed by atoms with Crippen LogP contribution in [0.2, 0.25) is 0 Å². The average molecular weight is 322 g/mol. The van der Waals surface area contributed by atoms with Gasteiger partial charge in [-0.25, -0.2) is 0 Å². The van der Waals surface area contributed by atoms with Crippen molar-refractivity contribution < 1.29 is 9.59 Å². The molecule has 2 aromatic rings. The molecule has 0 spiro atoms. The second-order valence-electron chi connectivity index (χ2n) is 6.24. The molecular weight excluding hydrogens is 300 g/mol. The number of hydrogen-bond donors (Lipinski definition) is 2. The number of aryl methyl sites for hydroxylation is 1. The highest BCUT2D eigenvalue weighted by Gasteiger charge is 2.21. The zero-order chi connectivity index (χ0) is 16.9. The van der Waals surface area contributed by atoms with Crippen LogP contribution < -0.4 is 10.6 Å². The van der Waals surface area contributed by atoms with Gasteiger partial charge in [0.05, 0.1) is 5.56 Å². The highest BCUT2D eigenvalue weighted by molar-refractivity contribution is 6.15. The molecule has 1 aliphatic heterocycles. The molecule has 0 unspecified atom stereocenters. The van der Waals surface area contributed by atoms with Crippen LogP contribution in [0.5, 0.6) is 0 Å². The number of nitrogens with one attached hydrogen (secondary N) is 2. The predicted octanol–water partition coefficient (Wildman–Crippen LogP) is 2.71. The minimum absolute atomic E-state index is 0.119. The van der Waals surface area contributed by atoms with Gasteiger partial charge in [-0.2, -0.15) is 0 Å². The molecule has 0 saturated carbocycles. The Labute approximate surface area is 142 Å². The van der Waals surface area contributed by atoms with Crippen LogP contribution in [0.15, 0.2) is 48.5 Å². The van der Waals surface area contributed by atoms with Crippen LogP contribution in [-0.2, 0) is 0 Å². The molecule has 4 heteroatoms. The summed E-state index contributed by atoms with van der Waals surface area (Å²) in [4.78, 5) is 25.4. The first-order valence-corrected chi connectivity index (χ1v) is 8.37. The monoisotopic (exact) mass is 322 g/mol. The van der Waals surface area contributed by atoms with Crippen molar-refractivity contribution in [2.45, 2.75) is 25.8 Å². The van der Waals surface area contributed by atoms with E-state index in [1.807, 2.05) is 19.1 Å². The first-order valence-electron chi connectivity index (χ1n) is 8.37. The van der Waals surface area contributed by atoms with Gasteiger partial charge < -0.3 is 10.6 Å². The number of carbonyl (C=O) groups is 2. The number of rotatable bonds is 4. The largest absolute Gasteiger partial charge is 0.349 e. The molecule has 124 valence electrons. The van der Waals surface area contributed by atoms with Crippen molar-refractivity contribution in [3.8, 4) is 0 Å². The van der Waals surface area contributed by atoms with Crippen LogP contribution in [0.3, 0.4) is 0 Å². The van der Waals surface area contributed by atoms with E-state index >= 15 is 0 Å². The standard InChI is InChI=1S/C20H22N2O2/c1-14-6-8-15(9-7-14)19(23)17-4-2-3-5-18(17)20(24)22-16-10-12-21-13-11-16/h2-9,16,21H,10-13H2,1H3,(H,22,24). The third-order valence-corrected chi connectivity index (χ3v) is 4.40. The number of carbonyl (C=O) groups excluding carboxylic acids is 2. The van der Waals surface area contributed by atoms with E-state index in [9.17, 15) is 9.59 Å². The Morgan fingerprint density at radius 1 is 0.958 bits per heavy atom. The van der Waals surface area contributed by atoms with Gasteiger partial charge >= 0.3 is 0 Å². The highest BCUT2D eigenvalue weighted by Crippen LogP contribution is 2.16. The maximum absolute atomic E-state index is 12.8. The first kappa shape index (κ1) is 16.4. The summed E-state index contributed by atoms with van der Waals surface area (Å²) in [5.41, 5.74) is 2.60. The summed E-state index contributed by atoms with van der Waals surface area (Å²) in [6, 6.07) is 14.6. The van der Waals surface area contributed by atoms with Gasteiger partial charge in [0, 0.05) is 17.2 Å². The topological polar surface area (TPSA) is 58.2 Å². The van der Waals surface area contributed by atoms with E-state index in [0.717, 1.165) is 31.5 Å². The van der Waals surface area contributed by atoms with E-state index in [-0.39, 0.29) is 17.7 Å². The maximum atomic E-state index is 12.8. The van der Waals surface area contributed by atoms with Gasteiger partial charge in [0.15, 0.2) is 5.78 Å². The Balaban J connectivity index is 1.83. The van der Waals surface area contributed by atoms with Crippen LogP contribution in [0.4, 0.5) is 0 Å². The van der Waals surface area contributed by atoms with E-state index in [2.05, 4.69) is 10.6 Å². The highest BCUT2D eigenvalue weighted by atomic mass is 16.2. The predicted molar refractivity (Wildman–Crippen MR) is 94.4 cm³/mol. The SMILES string of the molecule is Cc1ccc(C(=O)c2ccccc2C(=O)NC2CCNCC2)cc1. The Hall–Kier alpha value is -2.46. The molecule has 0 radical (unpaired) electrons. The number of amides is 1. The van der Waals surface area contributed by atoms with Gasteiger partial charge in [0.1, 0.15) is 0 Å². The zero-order valence-electron chi connectivity index (χ0n) is 13.8. The summed E-state index contributed by atoms with van der Waals surface area (Å²) in [6.45, 7) is 3.80. The summed E-state index contributed by atoms with van der Waals surface area (Å²) in [6.07, 6.45) is 1.83. The molecule has 2 N–H and O–H groups in total. The van der Waals surface area contributed by atoms with Crippen molar-refractivity contribution in [2.75, 3.05) is 13.1 Å². The summed E-state index contributed by atoms with van der Waals surface area (Å²) in [5.74, 6) is -0.288. The van der Waals surface area contributed by atoms with Crippen molar-refractivity contribution in [1.82, 2.24) is 10.6 Å². The molecule has 1 heterocycles. The molecule has 1 saturated heterocycles. The van der Waals surface area contributed by atoms with Crippen molar-refractivity contribution in [3.05, 3.63) is 70.8 Å². The minimum Gasteiger partial charge on any atom is -0.349 e. The maximum Gasteiger partial charge on any atom is 0.252 e. The lowest BCUT2D eigenvalue weighted by atomic mass is 9.96. The quantitative estimate of drug-likeness (QED) is 0.851. The molecule has 4 nitrogen and oxygen atoms in total. The van der Waals surface area contributed by atoms with E-state index < -0.39 is 0 Å². The number of piperidine rings is 1. The fraction of sp³-hybridized carbons (Fsp3) is 0.300. The van der Waals surface area contributed by atoms with Crippen LogP contribution >= 0.6 is 0 Å². The smallest absolute Gasteiger partial charge is 0.252 e. The fourth-order valence-electron chi connectivity index (χ4n) is 2.97. The van der Waals surface area contributed by atoms with Crippen LogP contribution in [0.1, 0.15) is 44.7 Å². The van der Waals surface area contributed by atoms with Crippen molar-refractivity contribution in [1.29, 1.82) is 0 Å². The number of benzene rings is 2. The second-order valence-corrected chi connectivity index (χ2v) is 6.24. The number of hydrogen-bond acceptors (Lipinski definition) is 3. The van der Waals surface area contributed by atoms with E-state index in [1.54, 1.807) is 36.4 Å². The molecular formula is C20H22N2O2. The lowest BCUT2D eigenvalue weighted by Gasteiger charge is -2.24. The molecule has 0 aliphatic carbocycles. The molecule has 24 heavy (non-hydrogen) atoms. The van der Waals surface area contributed by atoms with E-state index in [4.69, 9.17) is 0 Å².